The predicted molar refractivity (Wildman–Crippen MR) is 67.7 cm³/mol. The third kappa shape index (κ3) is 2.46. The lowest BCUT2D eigenvalue weighted by Crippen LogP contribution is -2.46. The molecule has 1 saturated heterocycles. The number of carbonyl (C=O) groups is 1. The maximum atomic E-state index is 13.9. The molecule has 18 heavy (non-hydrogen) atoms. The highest BCUT2D eigenvalue weighted by Gasteiger charge is 2.23. The van der Waals surface area contributed by atoms with Crippen molar-refractivity contribution in [1.29, 1.82) is 0 Å². The van der Waals surface area contributed by atoms with Gasteiger partial charge < -0.3 is 14.9 Å². The Labute approximate surface area is 106 Å². The maximum absolute atomic E-state index is 13.9. The number of nitrogens with zero attached hydrogens (tertiary/aromatic N) is 2. The Morgan fingerprint density at radius 1 is 1.33 bits per heavy atom. The molecule has 2 rings (SSSR count). The molecule has 0 aromatic heterocycles. The van der Waals surface area contributed by atoms with Crippen LogP contribution in [0.15, 0.2) is 18.2 Å². The summed E-state index contributed by atoms with van der Waals surface area (Å²) in [6.07, 6.45) is 0. The second-order valence-corrected chi connectivity index (χ2v) is 4.36. The number of halogens is 1. The van der Waals surface area contributed by atoms with E-state index in [0.717, 1.165) is 19.6 Å². The summed E-state index contributed by atoms with van der Waals surface area (Å²) in [5, 5.41) is 9.12. The van der Waals surface area contributed by atoms with E-state index in [2.05, 4.69) is 11.8 Å². The predicted octanol–water partition coefficient (Wildman–Crippen LogP) is 1.67. The lowest BCUT2D eigenvalue weighted by molar-refractivity contribution is 0.0697. The van der Waals surface area contributed by atoms with Crippen LogP contribution >= 0.6 is 0 Å². The molecular weight excluding hydrogens is 235 g/mol. The third-order valence-corrected chi connectivity index (χ3v) is 3.35. The Bertz CT molecular complexity index is 443. The van der Waals surface area contributed by atoms with E-state index in [1.165, 1.54) is 18.2 Å². The van der Waals surface area contributed by atoms with Gasteiger partial charge in [0.15, 0.2) is 0 Å². The van der Waals surface area contributed by atoms with Gasteiger partial charge in [-0.05, 0) is 18.7 Å². The van der Waals surface area contributed by atoms with Crippen molar-refractivity contribution in [3.8, 4) is 0 Å². The molecule has 1 aliphatic heterocycles. The summed E-state index contributed by atoms with van der Waals surface area (Å²) in [6, 6.07) is 4.20. The van der Waals surface area contributed by atoms with Gasteiger partial charge in [0, 0.05) is 26.2 Å². The Balaban J connectivity index is 2.26. The number of piperazine rings is 1. The SMILES string of the molecule is CCN1CCN(c2c(F)cccc2C(=O)O)CC1. The first kappa shape index (κ1) is 12.8. The zero-order valence-corrected chi connectivity index (χ0v) is 10.4. The quantitative estimate of drug-likeness (QED) is 0.888. The van der Waals surface area contributed by atoms with Crippen LogP contribution in [-0.2, 0) is 0 Å². The van der Waals surface area contributed by atoms with Crippen LogP contribution in [0.1, 0.15) is 17.3 Å². The number of benzene rings is 1. The van der Waals surface area contributed by atoms with Crippen LogP contribution in [0.2, 0.25) is 0 Å². The first-order valence-electron chi connectivity index (χ1n) is 6.12. The van der Waals surface area contributed by atoms with E-state index < -0.39 is 11.8 Å². The molecule has 98 valence electrons. The molecule has 0 radical (unpaired) electrons. The Kier molecular flexibility index (Phi) is 3.81. The molecule has 4 nitrogen and oxygen atoms in total. The lowest BCUT2D eigenvalue weighted by Gasteiger charge is -2.36. The number of anilines is 1. The fourth-order valence-corrected chi connectivity index (χ4v) is 2.30. The van der Waals surface area contributed by atoms with Crippen molar-refractivity contribution < 1.29 is 14.3 Å². The van der Waals surface area contributed by atoms with Crippen molar-refractivity contribution in [3.05, 3.63) is 29.6 Å². The highest BCUT2D eigenvalue weighted by atomic mass is 19.1. The molecule has 1 aliphatic rings. The molecule has 5 heteroatoms. The Morgan fingerprint density at radius 2 is 2.00 bits per heavy atom. The Morgan fingerprint density at radius 3 is 2.56 bits per heavy atom. The minimum absolute atomic E-state index is 0.0416. The second-order valence-electron chi connectivity index (χ2n) is 4.36. The van der Waals surface area contributed by atoms with Crippen molar-refractivity contribution in [2.24, 2.45) is 0 Å². The number of hydrogen-bond acceptors (Lipinski definition) is 3. The second kappa shape index (κ2) is 5.35. The van der Waals surface area contributed by atoms with Crippen molar-refractivity contribution >= 4 is 11.7 Å². The van der Waals surface area contributed by atoms with Crippen LogP contribution in [0.3, 0.4) is 0 Å². The fraction of sp³-hybridized carbons (Fsp3) is 0.462. The smallest absolute Gasteiger partial charge is 0.337 e. The minimum Gasteiger partial charge on any atom is -0.478 e. The van der Waals surface area contributed by atoms with Crippen LogP contribution in [0.4, 0.5) is 10.1 Å². The number of rotatable bonds is 3. The molecule has 0 unspecified atom stereocenters. The van der Waals surface area contributed by atoms with Gasteiger partial charge in [-0.25, -0.2) is 9.18 Å². The van der Waals surface area contributed by atoms with Crippen LogP contribution in [0.25, 0.3) is 0 Å². The highest BCUT2D eigenvalue weighted by molar-refractivity contribution is 5.94. The summed E-state index contributed by atoms with van der Waals surface area (Å²) in [5.41, 5.74) is 0.265. The van der Waals surface area contributed by atoms with Gasteiger partial charge in [0.25, 0.3) is 0 Å². The lowest BCUT2D eigenvalue weighted by atomic mass is 10.1. The van der Waals surface area contributed by atoms with E-state index in [9.17, 15) is 9.18 Å². The maximum Gasteiger partial charge on any atom is 0.337 e. The van der Waals surface area contributed by atoms with E-state index in [4.69, 9.17) is 5.11 Å². The number of hydrogen-bond donors (Lipinski definition) is 1. The van der Waals surface area contributed by atoms with Crippen LogP contribution in [0, 0.1) is 5.82 Å². The van der Waals surface area contributed by atoms with Crippen molar-refractivity contribution in [1.82, 2.24) is 4.90 Å². The van der Waals surface area contributed by atoms with Gasteiger partial charge in [0.1, 0.15) is 5.82 Å². The van der Waals surface area contributed by atoms with E-state index in [0.29, 0.717) is 13.1 Å². The summed E-state index contributed by atoms with van der Waals surface area (Å²) in [5.74, 6) is -1.54. The molecule has 1 aromatic rings. The van der Waals surface area contributed by atoms with E-state index in [-0.39, 0.29) is 11.3 Å². The largest absolute Gasteiger partial charge is 0.478 e. The summed E-state index contributed by atoms with van der Waals surface area (Å²) in [4.78, 5) is 15.2. The number of carboxylic acid groups (broad SMARTS) is 1. The topological polar surface area (TPSA) is 43.8 Å². The van der Waals surface area contributed by atoms with Gasteiger partial charge >= 0.3 is 5.97 Å². The number of carboxylic acids is 1. The summed E-state index contributed by atoms with van der Waals surface area (Å²) >= 11 is 0. The van der Waals surface area contributed by atoms with Crippen LogP contribution in [-0.4, -0.2) is 48.7 Å². The van der Waals surface area contributed by atoms with Gasteiger partial charge in [-0.1, -0.05) is 13.0 Å². The molecule has 1 fully saturated rings. The number of aromatic carboxylic acids is 1. The highest BCUT2D eigenvalue weighted by Crippen LogP contribution is 2.25. The fourth-order valence-electron chi connectivity index (χ4n) is 2.30. The van der Waals surface area contributed by atoms with Gasteiger partial charge in [0.2, 0.25) is 0 Å². The molecule has 0 aliphatic carbocycles. The monoisotopic (exact) mass is 252 g/mol. The normalized spacial score (nSPS) is 16.9. The van der Waals surface area contributed by atoms with Crippen LogP contribution in [0.5, 0.6) is 0 Å². The first-order valence-corrected chi connectivity index (χ1v) is 6.12. The molecule has 0 atom stereocenters. The van der Waals surface area contributed by atoms with Crippen molar-refractivity contribution in [2.75, 3.05) is 37.6 Å². The van der Waals surface area contributed by atoms with E-state index in [1.54, 1.807) is 0 Å². The average molecular weight is 252 g/mol. The van der Waals surface area contributed by atoms with Gasteiger partial charge in [0.05, 0.1) is 11.3 Å². The third-order valence-electron chi connectivity index (χ3n) is 3.35. The van der Waals surface area contributed by atoms with Gasteiger partial charge in [-0.3, -0.25) is 0 Å². The zero-order valence-electron chi connectivity index (χ0n) is 10.4. The molecular formula is C13H17FN2O2. The van der Waals surface area contributed by atoms with E-state index >= 15 is 0 Å². The standard InChI is InChI=1S/C13H17FN2O2/c1-2-15-6-8-16(9-7-15)12-10(13(17)18)4-3-5-11(12)14/h3-5H,2,6-9H2,1H3,(H,17,18). The number of para-hydroxylation sites is 1. The molecule has 0 bridgehead atoms. The molecule has 0 spiro atoms. The summed E-state index contributed by atoms with van der Waals surface area (Å²) < 4.78 is 13.9. The van der Waals surface area contributed by atoms with Crippen molar-refractivity contribution in [2.45, 2.75) is 6.92 Å². The zero-order chi connectivity index (χ0) is 13.1. The summed E-state index contributed by atoms with van der Waals surface area (Å²) in [6.45, 7) is 6.05. The molecule has 0 amide bonds. The summed E-state index contributed by atoms with van der Waals surface area (Å²) in [7, 11) is 0. The van der Waals surface area contributed by atoms with Crippen LogP contribution < -0.4 is 4.90 Å². The van der Waals surface area contributed by atoms with Crippen molar-refractivity contribution in [3.63, 3.8) is 0 Å². The number of likely N-dealkylation sites (N-methyl/N-ethyl adjacent to an activating group) is 1. The molecule has 1 aromatic carbocycles. The molecule has 0 saturated carbocycles. The van der Waals surface area contributed by atoms with E-state index in [1.807, 2.05) is 4.90 Å². The molecule has 1 N–H and O–H groups in total. The van der Waals surface area contributed by atoms with Gasteiger partial charge in [-0.2, -0.15) is 0 Å². The first-order chi connectivity index (χ1) is 8.63. The Hall–Kier alpha value is -1.62. The molecule has 1 heterocycles. The average Bonchev–Trinajstić information content (AvgIpc) is 2.38. The minimum atomic E-state index is -1.08. The van der Waals surface area contributed by atoms with Gasteiger partial charge in [-0.15, -0.1) is 0 Å².